The van der Waals surface area contributed by atoms with Crippen molar-refractivity contribution in [1.82, 2.24) is 5.32 Å². The smallest absolute Gasteiger partial charge is 0.253 e. The van der Waals surface area contributed by atoms with E-state index in [9.17, 15) is 4.79 Å². The van der Waals surface area contributed by atoms with Crippen LogP contribution < -0.4 is 16.0 Å². The van der Waals surface area contributed by atoms with Gasteiger partial charge in [0, 0.05) is 38.4 Å². The summed E-state index contributed by atoms with van der Waals surface area (Å²) in [6.45, 7) is 0.574. The van der Waals surface area contributed by atoms with Crippen molar-refractivity contribution in [2.75, 3.05) is 31.3 Å². The van der Waals surface area contributed by atoms with Gasteiger partial charge in [-0.1, -0.05) is 0 Å². The topological polar surface area (TPSA) is 58.4 Å². The number of benzene rings is 1. The van der Waals surface area contributed by atoms with Gasteiger partial charge in [-0.3, -0.25) is 4.79 Å². The number of nitrogens with two attached hydrogens (primary N) is 1. The molecule has 0 aliphatic heterocycles. The van der Waals surface area contributed by atoms with Gasteiger partial charge in [0.15, 0.2) is 0 Å². The third-order valence-electron chi connectivity index (χ3n) is 2.53. The van der Waals surface area contributed by atoms with Crippen molar-refractivity contribution < 1.29 is 4.79 Å². The number of hydrogen-bond donors (Lipinski definition) is 2. The Kier molecular flexibility index (Phi) is 5.06. The normalized spacial score (nSPS) is 9.61. The number of terminal acetylenes is 1. The van der Waals surface area contributed by atoms with Crippen molar-refractivity contribution in [3.63, 3.8) is 0 Å². The number of carbonyl (C=O) groups is 1. The molecule has 0 bridgehead atoms. The van der Waals surface area contributed by atoms with Crippen LogP contribution in [-0.4, -0.2) is 26.5 Å². The predicted octanol–water partition coefficient (Wildman–Crippen LogP) is 1.48. The number of carbonyl (C=O) groups excluding carboxylic acids is 1. The Balaban J connectivity index is 2.78. The van der Waals surface area contributed by atoms with Gasteiger partial charge in [0.1, 0.15) is 0 Å². The number of anilines is 2. The van der Waals surface area contributed by atoms with Gasteiger partial charge in [0.2, 0.25) is 0 Å². The number of nitrogen functional groups attached to an aromatic ring is 1. The molecule has 1 amide bonds. The number of rotatable bonds is 5. The first-order valence-corrected chi connectivity index (χ1v) is 5.84. The van der Waals surface area contributed by atoms with E-state index in [1.165, 1.54) is 0 Å². The fourth-order valence-electron chi connectivity index (χ4n) is 1.61. The quantitative estimate of drug-likeness (QED) is 0.469. The van der Waals surface area contributed by atoms with E-state index in [0.717, 1.165) is 12.1 Å². The summed E-state index contributed by atoms with van der Waals surface area (Å²) in [6, 6.07) is 5.31. The molecule has 1 aromatic rings. The van der Waals surface area contributed by atoms with Gasteiger partial charge in [-0.25, -0.2) is 0 Å². The van der Waals surface area contributed by atoms with Crippen LogP contribution in [0.1, 0.15) is 23.2 Å². The molecule has 4 heteroatoms. The molecule has 0 spiro atoms. The SMILES string of the molecule is C#CCCCNC(=O)c1cc(N)ccc1N(C)C. The van der Waals surface area contributed by atoms with Gasteiger partial charge in [0.05, 0.1) is 5.56 Å². The van der Waals surface area contributed by atoms with E-state index in [-0.39, 0.29) is 5.91 Å². The second-order valence-electron chi connectivity index (χ2n) is 4.23. The van der Waals surface area contributed by atoms with Crippen LogP contribution in [0.3, 0.4) is 0 Å². The van der Waals surface area contributed by atoms with Crippen molar-refractivity contribution in [3.05, 3.63) is 23.8 Å². The van der Waals surface area contributed by atoms with Crippen molar-refractivity contribution >= 4 is 17.3 Å². The zero-order chi connectivity index (χ0) is 13.5. The Morgan fingerprint density at radius 1 is 1.50 bits per heavy atom. The maximum atomic E-state index is 12.0. The standard InChI is InChI=1S/C14H19N3O/c1-4-5-6-9-16-14(18)12-10-11(15)7-8-13(12)17(2)3/h1,7-8,10H,5-6,9,15H2,2-3H3,(H,16,18). The summed E-state index contributed by atoms with van der Waals surface area (Å²) >= 11 is 0. The fraction of sp³-hybridized carbons (Fsp3) is 0.357. The molecule has 18 heavy (non-hydrogen) atoms. The van der Waals surface area contributed by atoms with Gasteiger partial charge in [0.25, 0.3) is 5.91 Å². The van der Waals surface area contributed by atoms with E-state index in [2.05, 4.69) is 11.2 Å². The van der Waals surface area contributed by atoms with E-state index in [1.54, 1.807) is 12.1 Å². The van der Waals surface area contributed by atoms with Crippen LogP contribution in [0.4, 0.5) is 11.4 Å². The summed E-state index contributed by atoms with van der Waals surface area (Å²) in [5, 5.41) is 2.84. The Morgan fingerprint density at radius 2 is 2.22 bits per heavy atom. The molecule has 0 fully saturated rings. The largest absolute Gasteiger partial charge is 0.399 e. The van der Waals surface area contributed by atoms with Gasteiger partial charge < -0.3 is 16.0 Å². The van der Waals surface area contributed by atoms with E-state index in [0.29, 0.717) is 24.2 Å². The maximum Gasteiger partial charge on any atom is 0.253 e. The van der Waals surface area contributed by atoms with E-state index < -0.39 is 0 Å². The van der Waals surface area contributed by atoms with Crippen LogP contribution in [0.25, 0.3) is 0 Å². The molecule has 0 aromatic heterocycles. The summed E-state index contributed by atoms with van der Waals surface area (Å²) in [5.41, 5.74) is 7.72. The van der Waals surface area contributed by atoms with Crippen LogP contribution in [0.2, 0.25) is 0 Å². The molecule has 1 rings (SSSR count). The molecule has 3 N–H and O–H groups in total. The molecular formula is C14H19N3O. The second-order valence-corrected chi connectivity index (χ2v) is 4.23. The van der Waals surface area contributed by atoms with Crippen LogP contribution >= 0.6 is 0 Å². The molecule has 96 valence electrons. The van der Waals surface area contributed by atoms with Gasteiger partial charge in [-0.2, -0.15) is 0 Å². The maximum absolute atomic E-state index is 12.0. The minimum absolute atomic E-state index is 0.122. The summed E-state index contributed by atoms with van der Waals surface area (Å²) < 4.78 is 0. The number of nitrogens with zero attached hydrogens (tertiary/aromatic N) is 1. The number of unbranched alkanes of at least 4 members (excludes halogenated alkanes) is 1. The lowest BCUT2D eigenvalue weighted by atomic mass is 10.1. The van der Waals surface area contributed by atoms with Gasteiger partial charge >= 0.3 is 0 Å². The first-order chi connectivity index (χ1) is 8.56. The lowest BCUT2D eigenvalue weighted by Crippen LogP contribution is -2.26. The lowest BCUT2D eigenvalue weighted by Gasteiger charge is -2.17. The minimum Gasteiger partial charge on any atom is -0.399 e. The summed E-state index contributed by atoms with van der Waals surface area (Å²) in [5.74, 6) is 2.42. The molecule has 0 saturated carbocycles. The average molecular weight is 245 g/mol. The monoisotopic (exact) mass is 245 g/mol. The second kappa shape index (κ2) is 6.55. The minimum atomic E-state index is -0.122. The summed E-state index contributed by atoms with van der Waals surface area (Å²) in [6.07, 6.45) is 6.60. The van der Waals surface area contributed by atoms with Crippen molar-refractivity contribution in [1.29, 1.82) is 0 Å². The molecule has 0 heterocycles. The lowest BCUT2D eigenvalue weighted by molar-refractivity contribution is 0.0954. The first-order valence-electron chi connectivity index (χ1n) is 5.84. The highest BCUT2D eigenvalue weighted by atomic mass is 16.1. The molecule has 0 atom stereocenters. The van der Waals surface area contributed by atoms with Crippen molar-refractivity contribution in [2.45, 2.75) is 12.8 Å². The third kappa shape index (κ3) is 3.70. The fourth-order valence-corrected chi connectivity index (χ4v) is 1.61. The summed E-state index contributed by atoms with van der Waals surface area (Å²) in [4.78, 5) is 13.9. The Bertz CT molecular complexity index is 461. The molecular weight excluding hydrogens is 226 g/mol. The van der Waals surface area contributed by atoms with Crippen LogP contribution in [0.15, 0.2) is 18.2 Å². The first kappa shape index (κ1) is 13.9. The third-order valence-corrected chi connectivity index (χ3v) is 2.53. The van der Waals surface area contributed by atoms with Crippen molar-refractivity contribution in [2.24, 2.45) is 0 Å². The Labute approximate surface area is 108 Å². The van der Waals surface area contributed by atoms with Crippen LogP contribution in [0, 0.1) is 12.3 Å². The average Bonchev–Trinajstić information content (AvgIpc) is 2.34. The van der Waals surface area contributed by atoms with Crippen molar-refractivity contribution in [3.8, 4) is 12.3 Å². The Hall–Kier alpha value is -2.15. The molecule has 0 aliphatic rings. The van der Waals surface area contributed by atoms with Crippen LogP contribution in [-0.2, 0) is 0 Å². The van der Waals surface area contributed by atoms with Gasteiger partial charge in [-0.05, 0) is 24.6 Å². The highest BCUT2D eigenvalue weighted by molar-refractivity contribution is 6.00. The van der Waals surface area contributed by atoms with E-state index in [1.807, 2.05) is 25.1 Å². The van der Waals surface area contributed by atoms with E-state index >= 15 is 0 Å². The zero-order valence-electron chi connectivity index (χ0n) is 10.9. The highest BCUT2D eigenvalue weighted by Crippen LogP contribution is 2.21. The zero-order valence-corrected chi connectivity index (χ0v) is 10.9. The van der Waals surface area contributed by atoms with Gasteiger partial charge in [-0.15, -0.1) is 12.3 Å². The molecule has 0 radical (unpaired) electrons. The highest BCUT2D eigenvalue weighted by Gasteiger charge is 2.12. The number of amides is 1. The molecule has 0 aliphatic carbocycles. The molecule has 1 aromatic carbocycles. The molecule has 0 unspecified atom stereocenters. The molecule has 4 nitrogen and oxygen atoms in total. The Morgan fingerprint density at radius 3 is 2.83 bits per heavy atom. The predicted molar refractivity (Wildman–Crippen MR) is 75.6 cm³/mol. The number of nitrogens with one attached hydrogen (secondary N) is 1. The van der Waals surface area contributed by atoms with E-state index in [4.69, 9.17) is 12.2 Å². The number of hydrogen-bond acceptors (Lipinski definition) is 3. The van der Waals surface area contributed by atoms with Crippen LogP contribution in [0.5, 0.6) is 0 Å². The summed E-state index contributed by atoms with van der Waals surface area (Å²) in [7, 11) is 3.78. The molecule has 0 saturated heterocycles.